The second kappa shape index (κ2) is 3.90. The molecular formula is C11H13NO2S. The van der Waals surface area contributed by atoms with Gasteiger partial charge in [0.2, 0.25) is 11.8 Å². The molecule has 3 nitrogen and oxygen atoms in total. The molecule has 1 atom stereocenters. The number of hydrogen-bond donors (Lipinski definition) is 0. The third kappa shape index (κ3) is 1.65. The van der Waals surface area contributed by atoms with Gasteiger partial charge in [-0.2, -0.15) is 11.8 Å². The number of rotatable bonds is 1. The zero-order chi connectivity index (χ0) is 10.9. The molecule has 0 aromatic heterocycles. The van der Waals surface area contributed by atoms with Crippen LogP contribution in [-0.2, 0) is 9.59 Å². The Kier molecular flexibility index (Phi) is 2.74. The lowest BCUT2D eigenvalue weighted by Gasteiger charge is -2.18. The number of likely N-dealkylation sites (tertiary alicyclic amines) is 1. The predicted octanol–water partition coefficient (Wildman–Crippen LogP) is 0.892. The lowest BCUT2D eigenvalue weighted by molar-refractivity contribution is -0.140. The largest absolute Gasteiger partial charge is 0.274 e. The molecule has 0 aromatic carbocycles. The van der Waals surface area contributed by atoms with Crippen LogP contribution < -0.4 is 0 Å². The van der Waals surface area contributed by atoms with Crippen LogP contribution in [0.3, 0.4) is 0 Å². The van der Waals surface area contributed by atoms with Crippen LogP contribution in [0.5, 0.6) is 0 Å². The van der Waals surface area contributed by atoms with E-state index in [2.05, 4.69) is 11.8 Å². The first-order chi connectivity index (χ1) is 7.19. The summed E-state index contributed by atoms with van der Waals surface area (Å²) in [5.74, 6) is 7.24. The summed E-state index contributed by atoms with van der Waals surface area (Å²) in [5.41, 5.74) is -0.378. The van der Waals surface area contributed by atoms with Gasteiger partial charge in [0.1, 0.15) is 0 Å². The number of amides is 2. The minimum absolute atomic E-state index is 0.000231. The highest BCUT2D eigenvalue weighted by Crippen LogP contribution is 2.44. The van der Waals surface area contributed by atoms with Gasteiger partial charge in [-0.3, -0.25) is 14.5 Å². The van der Waals surface area contributed by atoms with Crippen LogP contribution in [0.25, 0.3) is 0 Å². The van der Waals surface area contributed by atoms with Crippen molar-refractivity contribution >= 4 is 23.6 Å². The monoisotopic (exact) mass is 223 g/mol. The average Bonchev–Trinajstić information content (AvgIpc) is 2.75. The zero-order valence-corrected chi connectivity index (χ0v) is 9.52. The summed E-state index contributed by atoms with van der Waals surface area (Å²) in [7, 11) is 0. The molecule has 0 bridgehead atoms. The zero-order valence-electron chi connectivity index (χ0n) is 8.71. The highest BCUT2D eigenvalue weighted by molar-refractivity contribution is 7.99. The lowest BCUT2D eigenvalue weighted by Crippen LogP contribution is -2.35. The summed E-state index contributed by atoms with van der Waals surface area (Å²) in [6, 6.07) is 0. The summed E-state index contributed by atoms with van der Waals surface area (Å²) in [6.07, 6.45) is 1.24. The summed E-state index contributed by atoms with van der Waals surface area (Å²) in [4.78, 5) is 25.1. The fourth-order valence-corrected chi connectivity index (χ4v) is 3.53. The molecule has 80 valence electrons. The number of thioether (sulfide) groups is 1. The predicted molar refractivity (Wildman–Crippen MR) is 59.2 cm³/mol. The molecule has 2 amide bonds. The third-order valence-electron chi connectivity index (χ3n) is 3.01. The van der Waals surface area contributed by atoms with E-state index in [1.165, 1.54) is 4.90 Å². The van der Waals surface area contributed by atoms with E-state index in [9.17, 15) is 9.59 Å². The van der Waals surface area contributed by atoms with Crippen LogP contribution >= 0.6 is 11.8 Å². The summed E-state index contributed by atoms with van der Waals surface area (Å²) < 4.78 is 0. The van der Waals surface area contributed by atoms with Gasteiger partial charge in [-0.05, 0) is 19.1 Å². The quantitative estimate of drug-likeness (QED) is 0.489. The first-order valence-corrected chi connectivity index (χ1v) is 6.17. The molecule has 0 radical (unpaired) electrons. The number of hydrogen-bond acceptors (Lipinski definition) is 3. The van der Waals surface area contributed by atoms with Gasteiger partial charge in [0.25, 0.3) is 0 Å². The van der Waals surface area contributed by atoms with Crippen LogP contribution in [0.15, 0.2) is 0 Å². The Morgan fingerprint density at radius 2 is 2.33 bits per heavy atom. The molecule has 15 heavy (non-hydrogen) atoms. The van der Waals surface area contributed by atoms with Crippen molar-refractivity contribution in [1.29, 1.82) is 0 Å². The van der Waals surface area contributed by atoms with Crippen LogP contribution in [0.2, 0.25) is 0 Å². The van der Waals surface area contributed by atoms with E-state index in [1.54, 1.807) is 18.7 Å². The van der Waals surface area contributed by atoms with E-state index < -0.39 is 0 Å². The molecule has 2 fully saturated rings. The van der Waals surface area contributed by atoms with Crippen molar-refractivity contribution in [2.75, 3.05) is 18.1 Å². The number of nitrogens with zero attached hydrogens (tertiary/aromatic N) is 1. The van der Waals surface area contributed by atoms with Crippen molar-refractivity contribution < 1.29 is 9.59 Å². The Bertz CT molecular complexity index is 361. The highest BCUT2D eigenvalue weighted by atomic mass is 32.2. The Hall–Kier alpha value is -0.950. The van der Waals surface area contributed by atoms with E-state index in [-0.39, 0.29) is 23.8 Å². The highest BCUT2D eigenvalue weighted by Gasteiger charge is 2.52. The molecule has 0 N–H and O–H groups in total. The van der Waals surface area contributed by atoms with Gasteiger partial charge in [-0.1, -0.05) is 5.92 Å². The molecule has 2 heterocycles. The number of carbonyl (C=O) groups is 2. The summed E-state index contributed by atoms with van der Waals surface area (Å²) in [6.45, 7) is 1.98. The van der Waals surface area contributed by atoms with E-state index in [4.69, 9.17) is 0 Å². The standard InChI is InChI=1S/C11H13NO2S/c1-2-3-5-12-9(13)7-11(10(12)14)4-6-15-8-11/h4-8H2,1H3/t11-/m1/s1. The van der Waals surface area contributed by atoms with Gasteiger partial charge < -0.3 is 0 Å². The molecule has 4 heteroatoms. The van der Waals surface area contributed by atoms with Crippen LogP contribution in [0.4, 0.5) is 0 Å². The summed E-state index contributed by atoms with van der Waals surface area (Å²) in [5, 5.41) is 0. The lowest BCUT2D eigenvalue weighted by atomic mass is 9.86. The van der Waals surface area contributed by atoms with Crippen molar-refractivity contribution in [3.05, 3.63) is 0 Å². The Morgan fingerprint density at radius 1 is 1.53 bits per heavy atom. The van der Waals surface area contributed by atoms with Gasteiger partial charge >= 0.3 is 0 Å². The van der Waals surface area contributed by atoms with Crippen LogP contribution in [0, 0.1) is 17.3 Å². The normalized spacial score (nSPS) is 29.8. The fourth-order valence-electron chi connectivity index (χ4n) is 2.09. The van der Waals surface area contributed by atoms with Gasteiger partial charge in [0.05, 0.1) is 12.0 Å². The molecule has 0 aromatic rings. The molecule has 2 aliphatic heterocycles. The van der Waals surface area contributed by atoms with Crippen LogP contribution in [-0.4, -0.2) is 34.8 Å². The Balaban J connectivity index is 2.17. The molecule has 0 saturated carbocycles. The van der Waals surface area contributed by atoms with Crippen molar-refractivity contribution in [1.82, 2.24) is 4.90 Å². The molecule has 2 aliphatic rings. The fraction of sp³-hybridized carbons (Fsp3) is 0.636. The topological polar surface area (TPSA) is 37.4 Å². The van der Waals surface area contributed by atoms with Crippen molar-refractivity contribution in [2.45, 2.75) is 19.8 Å². The van der Waals surface area contributed by atoms with E-state index >= 15 is 0 Å². The van der Waals surface area contributed by atoms with Crippen molar-refractivity contribution in [3.63, 3.8) is 0 Å². The summed E-state index contributed by atoms with van der Waals surface area (Å²) >= 11 is 1.77. The maximum atomic E-state index is 12.1. The second-order valence-corrected chi connectivity index (χ2v) is 5.08. The minimum atomic E-state index is -0.378. The van der Waals surface area contributed by atoms with Gasteiger partial charge in [-0.25, -0.2) is 0 Å². The Morgan fingerprint density at radius 3 is 2.93 bits per heavy atom. The third-order valence-corrected chi connectivity index (χ3v) is 4.26. The molecule has 1 spiro atoms. The molecule has 2 saturated heterocycles. The van der Waals surface area contributed by atoms with Crippen molar-refractivity contribution in [2.24, 2.45) is 5.41 Å². The number of imide groups is 1. The van der Waals surface area contributed by atoms with E-state index in [0.29, 0.717) is 6.42 Å². The molecular weight excluding hydrogens is 210 g/mol. The first kappa shape index (κ1) is 10.6. The maximum absolute atomic E-state index is 12.1. The van der Waals surface area contributed by atoms with E-state index in [1.807, 2.05) is 0 Å². The Labute approximate surface area is 93.6 Å². The first-order valence-electron chi connectivity index (χ1n) is 5.02. The van der Waals surface area contributed by atoms with Gasteiger partial charge in [-0.15, -0.1) is 5.92 Å². The second-order valence-electron chi connectivity index (χ2n) is 3.97. The number of carbonyl (C=O) groups excluding carboxylic acids is 2. The SMILES string of the molecule is CC#CCN1C(=O)C[C@@]2(CCSC2)C1=O. The van der Waals surface area contributed by atoms with E-state index in [0.717, 1.165) is 17.9 Å². The molecule has 0 aliphatic carbocycles. The molecule has 0 unspecified atom stereocenters. The smallest absolute Gasteiger partial charge is 0.237 e. The maximum Gasteiger partial charge on any atom is 0.237 e. The van der Waals surface area contributed by atoms with Gasteiger partial charge in [0.15, 0.2) is 0 Å². The minimum Gasteiger partial charge on any atom is -0.274 e. The van der Waals surface area contributed by atoms with Gasteiger partial charge in [0, 0.05) is 12.2 Å². The van der Waals surface area contributed by atoms with Crippen molar-refractivity contribution in [3.8, 4) is 11.8 Å². The van der Waals surface area contributed by atoms with Crippen LogP contribution in [0.1, 0.15) is 19.8 Å². The average molecular weight is 223 g/mol. The molecule has 2 rings (SSSR count).